The molecule has 35 heavy (non-hydrogen) atoms. The second-order valence-corrected chi connectivity index (χ2v) is 9.21. The van der Waals surface area contributed by atoms with E-state index in [0.29, 0.717) is 11.6 Å². The van der Waals surface area contributed by atoms with Gasteiger partial charge in [0, 0.05) is 24.7 Å². The SMILES string of the molecule is Oc1ccc(C(O)c2ccc(CCN(Cc3ccccc3)C[C@@H](O)c3cccc(Cl)c3)cc2)cc1. The minimum atomic E-state index is -0.743. The van der Waals surface area contributed by atoms with Crippen LogP contribution in [0.1, 0.15) is 40.0 Å². The highest BCUT2D eigenvalue weighted by atomic mass is 35.5. The van der Waals surface area contributed by atoms with Gasteiger partial charge < -0.3 is 15.3 Å². The van der Waals surface area contributed by atoms with Crippen molar-refractivity contribution < 1.29 is 15.3 Å². The van der Waals surface area contributed by atoms with E-state index >= 15 is 0 Å². The maximum atomic E-state index is 10.9. The first kappa shape index (κ1) is 25.0. The van der Waals surface area contributed by atoms with Gasteiger partial charge in [0.25, 0.3) is 0 Å². The molecule has 4 rings (SSSR count). The molecule has 4 aromatic carbocycles. The van der Waals surface area contributed by atoms with Crippen LogP contribution in [0.25, 0.3) is 0 Å². The van der Waals surface area contributed by atoms with E-state index in [0.717, 1.165) is 41.8 Å². The van der Waals surface area contributed by atoms with Gasteiger partial charge in [-0.05, 0) is 58.5 Å². The molecule has 0 aliphatic rings. The van der Waals surface area contributed by atoms with Crippen molar-refractivity contribution in [1.82, 2.24) is 4.90 Å². The molecule has 0 radical (unpaired) electrons. The summed E-state index contributed by atoms with van der Waals surface area (Å²) in [6.07, 6.45) is -0.572. The highest BCUT2D eigenvalue weighted by Gasteiger charge is 2.15. The van der Waals surface area contributed by atoms with Crippen LogP contribution in [0.15, 0.2) is 103 Å². The Labute approximate surface area is 211 Å². The molecule has 1 unspecified atom stereocenters. The molecular formula is C30H30ClNO3. The van der Waals surface area contributed by atoms with Crippen LogP contribution in [0.4, 0.5) is 0 Å². The second-order valence-electron chi connectivity index (χ2n) is 8.78. The fraction of sp³-hybridized carbons (Fsp3) is 0.200. The van der Waals surface area contributed by atoms with E-state index in [1.807, 2.05) is 66.7 Å². The summed E-state index contributed by atoms with van der Waals surface area (Å²) in [7, 11) is 0. The number of rotatable bonds is 10. The Morgan fingerprint density at radius 3 is 2.00 bits per heavy atom. The zero-order chi connectivity index (χ0) is 24.6. The summed E-state index contributed by atoms with van der Waals surface area (Å²) >= 11 is 6.12. The topological polar surface area (TPSA) is 63.9 Å². The number of hydrogen-bond acceptors (Lipinski definition) is 4. The van der Waals surface area contributed by atoms with Crippen molar-refractivity contribution in [3.63, 3.8) is 0 Å². The summed E-state index contributed by atoms with van der Waals surface area (Å²) in [5.74, 6) is 0.178. The summed E-state index contributed by atoms with van der Waals surface area (Å²) in [5.41, 5.74) is 4.69. The van der Waals surface area contributed by atoms with Crippen LogP contribution < -0.4 is 0 Å². The van der Waals surface area contributed by atoms with E-state index in [-0.39, 0.29) is 5.75 Å². The molecule has 0 aliphatic heterocycles. The highest BCUT2D eigenvalue weighted by molar-refractivity contribution is 6.30. The van der Waals surface area contributed by atoms with Crippen molar-refractivity contribution in [3.05, 3.63) is 136 Å². The first-order valence-electron chi connectivity index (χ1n) is 11.7. The Balaban J connectivity index is 1.42. The highest BCUT2D eigenvalue weighted by Crippen LogP contribution is 2.24. The molecule has 0 saturated carbocycles. The lowest BCUT2D eigenvalue weighted by molar-refractivity contribution is 0.109. The molecule has 0 aromatic heterocycles. The number of phenols is 1. The Morgan fingerprint density at radius 1 is 0.686 bits per heavy atom. The van der Waals surface area contributed by atoms with E-state index in [1.54, 1.807) is 24.3 Å². The van der Waals surface area contributed by atoms with Crippen LogP contribution >= 0.6 is 11.6 Å². The number of halogens is 1. The van der Waals surface area contributed by atoms with Crippen molar-refractivity contribution in [2.75, 3.05) is 13.1 Å². The summed E-state index contributed by atoms with van der Waals surface area (Å²) in [4.78, 5) is 2.25. The quantitative estimate of drug-likeness (QED) is 0.260. The van der Waals surface area contributed by atoms with E-state index in [2.05, 4.69) is 17.0 Å². The number of hydrogen-bond donors (Lipinski definition) is 3. The van der Waals surface area contributed by atoms with Gasteiger partial charge in [-0.15, -0.1) is 0 Å². The molecule has 4 aromatic rings. The van der Waals surface area contributed by atoms with E-state index in [1.165, 1.54) is 5.56 Å². The average Bonchev–Trinajstić information content (AvgIpc) is 2.88. The lowest BCUT2D eigenvalue weighted by Crippen LogP contribution is -2.30. The van der Waals surface area contributed by atoms with Crippen LogP contribution in [0, 0.1) is 0 Å². The zero-order valence-electron chi connectivity index (χ0n) is 19.5. The predicted octanol–water partition coefficient (Wildman–Crippen LogP) is 5.91. The van der Waals surface area contributed by atoms with Crippen LogP contribution in [0.3, 0.4) is 0 Å². The van der Waals surface area contributed by atoms with Crippen molar-refractivity contribution in [1.29, 1.82) is 0 Å². The largest absolute Gasteiger partial charge is 0.508 e. The Bertz CT molecular complexity index is 1200. The lowest BCUT2D eigenvalue weighted by atomic mass is 9.99. The first-order chi connectivity index (χ1) is 17.0. The molecule has 0 aliphatic carbocycles. The van der Waals surface area contributed by atoms with Gasteiger partial charge in [0.05, 0.1) is 6.10 Å². The van der Waals surface area contributed by atoms with Gasteiger partial charge in [-0.3, -0.25) is 4.90 Å². The maximum absolute atomic E-state index is 10.9. The number of aliphatic hydroxyl groups excluding tert-OH is 2. The number of benzene rings is 4. The molecule has 4 nitrogen and oxygen atoms in total. The molecule has 3 N–H and O–H groups in total. The van der Waals surface area contributed by atoms with Crippen LogP contribution in [0.5, 0.6) is 5.75 Å². The maximum Gasteiger partial charge on any atom is 0.115 e. The predicted molar refractivity (Wildman–Crippen MR) is 140 cm³/mol. The van der Waals surface area contributed by atoms with E-state index < -0.39 is 12.2 Å². The van der Waals surface area contributed by atoms with Crippen LogP contribution in [-0.4, -0.2) is 33.3 Å². The monoisotopic (exact) mass is 487 g/mol. The average molecular weight is 488 g/mol. The van der Waals surface area contributed by atoms with Crippen LogP contribution in [0.2, 0.25) is 5.02 Å². The number of aromatic hydroxyl groups is 1. The summed E-state index contributed by atoms with van der Waals surface area (Å²) < 4.78 is 0. The third kappa shape index (κ3) is 7.17. The normalized spacial score (nSPS) is 13.0. The molecule has 0 bridgehead atoms. The fourth-order valence-corrected chi connectivity index (χ4v) is 4.34. The Kier molecular flexibility index (Phi) is 8.56. The van der Waals surface area contributed by atoms with Crippen LogP contribution in [-0.2, 0) is 13.0 Å². The van der Waals surface area contributed by atoms with E-state index in [9.17, 15) is 15.3 Å². The molecular weight excluding hydrogens is 458 g/mol. The van der Waals surface area contributed by atoms with Crippen molar-refractivity contribution >= 4 is 11.6 Å². The molecule has 2 atom stereocenters. The van der Waals surface area contributed by atoms with Gasteiger partial charge in [-0.25, -0.2) is 0 Å². The van der Waals surface area contributed by atoms with Gasteiger partial charge in [0.15, 0.2) is 0 Å². The third-order valence-electron chi connectivity index (χ3n) is 6.13. The van der Waals surface area contributed by atoms with Crippen molar-refractivity contribution in [2.24, 2.45) is 0 Å². The molecule has 0 heterocycles. The van der Waals surface area contributed by atoms with E-state index in [4.69, 9.17) is 11.6 Å². The first-order valence-corrected chi connectivity index (χ1v) is 12.1. The minimum Gasteiger partial charge on any atom is -0.508 e. The van der Waals surface area contributed by atoms with Gasteiger partial charge in [0.1, 0.15) is 11.9 Å². The second kappa shape index (κ2) is 12.0. The molecule has 0 spiro atoms. The summed E-state index contributed by atoms with van der Waals surface area (Å²) in [6, 6.07) is 32.2. The molecule has 180 valence electrons. The van der Waals surface area contributed by atoms with Gasteiger partial charge in [-0.1, -0.05) is 90.5 Å². The lowest BCUT2D eigenvalue weighted by Gasteiger charge is -2.26. The van der Waals surface area contributed by atoms with Crippen molar-refractivity contribution in [3.8, 4) is 5.75 Å². The standard InChI is InChI=1S/C30H30ClNO3/c31-27-8-4-7-26(19-27)29(34)21-32(20-23-5-2-1-3-6-23)18-17-22-9-11-24(12-10-22)30(35)25-13-15-28(33)16-14-25/h1-16,19,29-30,33-35H,17-18,20-21H2/t29-,30?/m1/s1. The Hall–Kier alpha value is -3.15. The number of aliphatic hydroxyl groups is 2. The van der Waals surface area contributed by atoms with Crippen molar-refractivity contribution in [2.45, 2.75) is 25.2 Å². The molecule has 0 fully saturated rings. The number of phenolic OH excluding ortho intramolecular Hbond substituents is 1. The minimum absolute atomic E-state index is 0.178. The molecule has 5 heteroatoms. The van der Waals surface area contributed by atoms with Gasteiger partial charge in [0.2, 0.25) is 0 Å². The third-order valence-corrected chi connectivity index (χ3v) is 6.37. The van der Waals surface area contributed by atoms with Gasteiger partial charge in [-0.2, -0.15) is 0 Å². The number of nitrogens with zero attached hydrogens (tertiary/aromatic N) is 1. The molecule has 0 amide bonds. The summed E-state index contributed by atoms with van der Waals surface area (Å²) in [6.45, 7) is 2.00. The molecule has 0 saturated heterocycles. The fourth-order valence-electron chi connectivity index (χ4n) is 4.14. The van der Waals surface area contributed by atoms with Gasteiger partial charge >= 0.3 is 0 Å². The smallest absolute Gasteiger partial charge is 0.115 e. The Morgan fingerprint density at radius 2 is 1.34 bits per heavy atom. The summed E-state index contributed by atoms with van der Waals surface area (Å²) in [5, 5.41) is 31.6. The zero-order valence-corrected chi connectivity index (χ0v) is 20.2.